The van der Waals surface area contributed by atoms with Crippen LogP contribution in [-0.4, -0.2) is 11.2 Å². The summed E-state index contributed by atoms with van der Waals surface area (Å²) in [7, 11) is 0. The Bertz CT molecular complexity index is 41.4. The fraction of sp³-hybridized carbons (Fsp3) is 0.833. The summed E-state index contributed by atoms with van der Waals surface area (Å²) in [5.74, 6) is 0.333. The van der Waals surface area contributed by atoms with Crippen LogP contribution in [0.1, 0.15) is 20.8 Å². The van der Waals surface area contributed by atoms with Gasteiger partial charge < -0.3 is 5.11 Å². The number of aliphatic hydroxyl groups excluding tert-OH is 1. The van der Waals surface area contributed by atoms with Crippen molar-refractivity contribution in [3.8, 4) is 0 Å². The molecule has 2 unspecified atom stereocenters. The van der Waals surface area contributed by atoms with Crippen LogP contribution in [0.2, 0.25) is 0 Å². The van der Waals surface area contributed by atoms with Crippen molar-refractivity contribution in [3.63, 3.8) is 0 Å². The maximum atomic E-state index is 8.79. The lowest BCUT2D eigenvalue weighted by Crippen LogP contribution is -2.11. The van der Waals surface area contributed by atoms with Gasteiger partial charge in [0, 0.05) is 0 Å². The second-order valence-corrected chi connectivity index (χ2v) is 1.93. The predicted molar refractivity (Wildman–Crippen MR) is 30.8 cm³/mol. The molecule has 0 aromatic rings. The van der Waals surface area contributed by atoms with Crippen molar-refractivity contribution >= 4 is 0 Å². The maximum absolute atomic E-state index is 8.79. The number of hydrogen-bond acceptors (Lipinski definition) is 1. The second-order valence-electron chi connectivity index (χ2n) is 1.93. The van der Waals surface area contributed by atoms with Crippen molar-refractivity contribution in [3.05, 3.63) is 6.42 Å². The zero-order chi connectivity index (χ0) is 5.86. The van der Waals surface area contributed by atoms with Crippen molar-refractivity contribution in [2.75, 3.05) is 0 Å². The van der Waals surface area contributed by atoms with E-state index in [1.54, 1.807) is 6.92 Å². The van der Waals surface area contributed by atoms with Crippen LogP contribution in [0.4, 0.5) is 0 Å². The lowest BCUT2D eigenvalue weighted by molar-refractivity contribution is 0.150. The highest BCUT2D eigenvalue weighted by molar-refractivity contribution is 4.70. The molecule has 0 heterocycles. The Morgan fingerprint density at radius 3 is 1.86 bits per heavy atom. The molecular formula is C6H13O. The van der Waals surface area contributed by atoms with E-state index in [4.69, 9.17) is 5.11 Å². The van der Waals surface area contributed by atoms with Gasteiger partial charge in [0.1, 0.15) is 0 Å². The maximum Gasteiger partial charge on any atom is 0.0540 e. The minimum atomic E-state index is -0.190. The largest absolute Gasteiger partial charge is 0.393 e. The Labute approximate surface area is 45.4 Å². The Morgan fingerprint density at radius 1 is 1.43 bits per heavy atom. The first kappa shape index (κ1) is 6.96. The van der Waals surface area contributed by atoms with E-state index in [1.807, 2.05) is 20.3 Å². The highest BCUT2D eigenvalue weighted by Gasteiger charge is 2.03. The fourth-order valence-corrected chi connectivity index (χ4v) is 0.279. The smallest absolute Gasteiger partial charge is 0.0540 e. The minimum Gasteiger partial charge on any atom is -0.393 e. The molecule has 7 heavy (non-hydrogen) atoms. The van der Waals surface area contributed by atoms with Gasteiger partial charge in [0.2, 0.25) is 0 Å². The fourth-order valence-electron chi connectivity index (χ4n) is 0.279. The molecule has 0 aliphatic carbocycles. The molecule has 0 bridgehead atoms. The third kappa shape index (κ3) is 2.63. The van der Waals surface area contributed by atoms with Crippen LogP contribution >= 0.6 is 0 Å². The number of rotatable bonds is 2. The zero-order valence-corrected chi connectivity index (χ0v) is 5.18. The quantitative estimate of drug-likeness (QED) is 0.554. The van der Waals surface area contributed by atoms with Crippen LogP contribution < -0.4 is 0 Å². The molecule has 1 radical (unpaired) electrons. The first-order chi connectivity index (χ1) is 3.18. The first-order valence-electron chi connectivity index (χ1n) is 2.66. The first-order valence-corrected chi connectivity index (χ1v) is 2.66. The molecule has 1 nitrogen and oxygen atoms in total. The van der Waals surface area contributed by atoms with Crippen molar-refractivity contribution in [1.82, 2.24) is 0 Å². The summed E-state index contributed by atoms with van der Waals surface area (Å²) in [6, 6.07) is 0. The Morgan fingerprint density at radius 2 is 1.86 bits per heavy atom. The molecule has 1 N–H and O–H groups in total. The molecular weight excluding hydrogens is 88.1 g/mol. The summed E-state index contributed by atoms with van der Waals surface area (Å²) in [5, 5.41) is 8.79. The molecule has 0 aliphatic heterocycles. The monoisotopic (exact) mass is 101 g/mol. The molecule has 0 saturated carbocycles. The van der Waals surface area contributed by atoms with Gasteiger partial charge in [-0.1, -0.05) is 13.8 Å². The van der Waals surface area contributed by atoms with E-state index in [2.05, 4.69) is 0 Å². The van der Waals surface area contributed by atoms with E-state index in [9.17, 15) is 0 Å². The molecule has 1 heteroatoms. The molecule has 0 aromatic heterocycles. The van der Waals surface area contributed by atoms with Gasteiger partial charge >= 0.3 is 0 Å². The summed E-state index contributed by atoms with van der Waals surface area (Å²) >= 11 is 0. The van der Waals surface area contributed by atoms with E-state index in [1.165, 1.54) is 0 Å². The van der Waals surface area contributed by atoms with Crippen LogP contribution in [0.5, 0.6) is 0 Å². The lowest BCUT2D eigenvalue weighted by atomic mass is 10.0. The van der Waals surface area contributed by atoms with Crippen LogP contribution in [0.3, 0.4) is 0 Å². The van der Waals surface area contributed by atoms with E-state index in [-0.39, 0.29) is 6.10 Å². The zero-order valence-electron chi connectivity index (χ0n) is 5.18. The number of hydrogen-bond donors (Lipinski definition) is 1. The van der Waals surface area contributed by atoms with Crippen LogP contribution in [-0.2, 0) is 0 Å². The summed E-state index contributed by atoms with van der Waals surface area (Å²) in [5.41, 5.74) is 0. The third-order valence-corrected chi connectivity index (χ3v) is 1.29. The van der Waals surface area contributed by atoms with Crippen LogP contribution in [0.25, 0.3) is 0 Å². The van der Waals surface area contributed by atoms with Crippen LogP contribution in [0, 0.1) is 12.3 Å². The molecule has 2 atom stereocenters. The second kappa shape index (κ2) is 3.03. The van der Waals surface area contributed by atoms with E-state index in [0.29, 0.717) is 5.92 Å². The van der Waals surface area contributed by atoms with Crippen LogP contribution in [0.15, 0.2) is 0 Å². The summed E-state index contributed by atoms with van der Waals surface area (Å²) in [6.45, 7) is 5.74. The van der Waals surface area contributed by atoms with Gasteiger partial charge in [-0.2, -0.15) is 0 Å². The summed E-state index contributed by atoms with van der Waals surface area (Å²) < 4.78 is 0. The normalized spacial score (nSPS) is 18.9. The highest BCUT2D eigenvalue weighted by atomic mass is 16.3. The molecule has 43 valence electrons. The van der Waals surface area contributed by atoms with Crippen molar-refractivity contribution in [2.24, 2.45) is 5.92 Å². The van der Waals surface area contributed by atoms with Crippen molar-refractivity contribution < 1.29 is 5.11 Å². The topological polar surface area (TPSA) is 20.2 Å². The van der Waals surface area contributed by atoms with Crippen molar-refractivity contribution in [1.29, 1.82) is 0 Å². The Kier molecular flexibility index (Phi) is 3.01. The van der Waals surface area contributed by atoms with Gasteiger partial charge in [0.15, 0.2) is 0 Å². The van der Waals surface area contributed by atoms with E-state index in [0.717, 1.165) is 0 Å². The van der Waals surface area contributed by atoms with Gasteiger partial charge in [0.25, 0.3) is 0 Å². The summed E-state index contributed by atoms with van der Waals surface area (Å²) in [6.07, 6.45) is 1.80. The van der Waals surface area contributed by atoms with Gasteiger partial charge in [-0.3, -0.25) is 0 Å². The highest BCUT2D eigenvalue weighted by Crippen LogP contribution is 2.03. The van der Waals surface area contributed by atoms with Crippen molar-refractivity contribution in [2.45, 2.75) is 26.9 Å². The third-order valence-electron chi connectivity index (χ3n) is 1.29. The molecule has 0 rings (SSSR count). The van der Waals surface area contributed by atoms with Gasteiger partial charge in [-0.15, -0.1) is 0 Å². The lowest BCUT2D eigenvalue weighted by Gasteiger charge is -2.09. The number of aliphatic hydroxyl groups is 1. The predicted octanol–water partition coefficient (Wildman–Crippen LogP) is 1.23. The van der Waals surface area contributed by atoms with Gasteiger partial charge in [0.05, 0.1) is 6.10 Å². The van der Waals surface area contributed by atoms with Gasteiger partial charge in [-0.25, -0.2) is 0 Å². The minimum absolute atomic E-state index is 0.190. The molecule has 0 fully saturated rings. The van der Waals surface area contributed by atoms with E-state index < -0.39 is 0 Å². The summed E-state index contributed by atoms with van der Waals surface area (Å²) in [4.78, 5) is 0. The SMILES string of the molecule is C[CH]C(C)C(C)O. The molecule has 0 aromatic carbocycles. The molecule has 0 saturated heterocycles. The average molecular weight is 101 g/mol. The molecule has 0 spiro atoms. The molecule has 0 aliphatic rings. The van der Waals surface area contributed by atoms with E-state index >= 15 is 0 Å². The Balaban J connectivity index is 3.14. The van der Waals surface area contributed by atoms with Gasteiger partial charge in [-0.05, 0) is 19.3 Å². The molecule has 0 amide bonds. The average Bonchev–Trinajstić information content (AvgIpc) is 1.65. The Hall–Kier alpha value is -0.0400. The standard InChI is InChI=1S/C6H13O/c1-4-5(2)6(3)7/h4-7H,1-3H3.